The lowest BCUT2D eigenvalue weighted by molar-refractivity contribution is -0.929. The highest BCUT2D eigenvalue weighted by atomic mass is 32.1. The molecule has 3 heterocycles. The van der Waals surface area contributed by atoms with Crippen LogP contribution in [-0.2, 0) is 19.5 Å². The van der Waals surface area contributed by atoms with Crippen molar-refractivity contribution in [2.45, 2.75) is 26.4 Å². The van der Waals surface area contributed by atoms with Gasteiger partial charge in [0.15, 0.2) is 0 Å². The highest BCUT2D eigenvalue weighted by Crippen LogP contribution is 2.30. The molecule has 0 spiro atoms. The van der Waals surface area contributed by atoms with Gasteiger partial charge in [-0.05, 0) is 24.6 Å². The summed E-state index contributed by atoms with van der Waals surface area (Å²) < 4.78 is 1.58. The number of hydrogen-bond acceptors (Lipinski definition) is 5. The molecule has 7 heteroatoms. The van der Waals surface area contributed by atoms with E-state index < -0.39 is 0 Å². The van der Waals surface area contributed by atoms with Gasteiger partial charge in [0.1, 0.15) is 17.9 Å². The Balaban J connectivity index is 1.57. The molecule has 0 saturated carbocycles. The lowest BCUT2D eigenvalue weighted by Crippen LogP contribution is -3.10. The van der Waals surface area contributed by atoms with Crippen LogP contribution in [0.2, 0.25) is 0 Å². The van der Waals surface area contributed by atoms with Crippen LogP contribution in [0, 0.1) is 6.92 Å². The van der Waals surface area contributed by atoms with Gasteiger partial charge < -0.3 is 4.90 Å². The van der Waals surface area contributed by atoms with E-state index in [0.717, 1.165) is 53.1 Å². The zero-order valence-corrected chi connectivity index (χ0v) is 17.6. The van der Waals surface area contributed by atoms with Gasteiger partial charge in [0.05, 0.1) is 22.5 Å². The van der Waals surface area contributed by atoms with E-state index >= 15 is 0 Å². The highest BCUT2D eigenvalue weighted by molar-refractivity contribution is 7.18. The number of hydrogen-bond donors (Lipinski definition) is 3. The summed E-state index contributed by atoms with van der Waals surface area (Å²) in [5.74, 6) is 6.10. The molecular weight excluding hydrogens is 394 g/mol. The number of nitrogens with two attached hydrogens (primary N) is 1. The fourth-order valence-electron chi connectivity index (χ4n) is 4.24. The number of benzene rings is 2. The molecule has 0 bridgehead atoms. The van der Waals surface area contributed by atoms with Crippen LogP contribution in [0.5, 0.6) is 0 Å². The van der Waals surface area contributed by atoms with Crippen LogP contribution in [0.25, 0.3) is 15.9 Å². The Morgan fingerprint density at radius 1 is 1.17 bits per heavy atom. The lowest BCUT2D eigenvalue weighted by Gasteiger charge is -2.24. The predicted octanol–water partition coefficient (Wildman–Crippen LogP) is 2.18. The van der Waals surface area contributed by atoms with Gasteiger partial charge in [-0.1, -0.05) is 48.0 Å². The molecule has 2 aromatic carbocycles. The smallest absolute Gasteiger partial charge is 0.268 e. The van der Waals surface area contributed by atoms with E-state index in [4.69, 9.17) is 10.8 Å². The number of nitrogen functional groups attached to an aromatic ring is 1. The molecule has 4 aromatic rings. The lowest BCUT2D eigenvalue weighted by atomic mass is 10.0. The molecule has 30 heavy (non-hydrogen) atoms. The van der Waals surface area contributed by atoms with Crippen LogP contribution < -0.4 is 21.7 Å². The Labute approximate surface area is 178 Å². The van der Waals surface area contributed by atoms with E-state index in [1.54, 1.807) is 15.9 Å². The number of anilines is 1. The third-order valence-electron chi connectivity index (χ3n) is 5.77. The fraction of sp³-hybridized carbons (Fsp3) is 0.217. The standard InChI is InChI=1S/C23H23N5OS/c1-15-7-9-17(10-8-15)28-22(29)20-18-11-12-27(13-16-5-3-2-4-6-16)14-19(18)30-21(20)25-23(28)26-24/h2-10H,11-14,24H2,1H3,(H,25,26)/p+1. The summed E-state index contributed by atoms with van der Waals surface area (Å²) in [5.41, 5.74) is 6.96. The summed E-state index contributed by atoms with van der Waals surface area (Å²) in [6, 6.07) is 18.4. The Morgan fingerprint density at radius 2 is 1.93 bits per heavy atom. The first-order chi connectivity index (χ1) is 14.6. The van der Waals surface area contributed by atoms with E-state index in [-0.39, 0.29) is 5.56 Å². The van der Waals surface area contributed by atoms with E-state index in [2.05, 4.69) is 29.7 Å². The van der Waals surface area contributed by atoms with Crippen LogP contribution in [0.3, 0.4) is 0 Å². The van der Waals surface area contributed by atoms with Crippen molar-refractivity contribution in [1.82, 2.24) is 9.55 Å². The number of quaternary nitrogens is 1. The quantitative estimate of drug-likeness (QED) is 0.351. The third-order valence-corrected chi connectivity index (χ3v) is 6.89. The van der Waals surface area contributed by atoms with E-state index in [1.807, 2.05) is 37.3 Å². The third kappa shape index (κ3) is 3.31. The monoisotopic (exact) mass is 418 g/mol. The second-order valence-electron chi connectivity index (χ2n) is 7.83. The zero-order valence-electron chi connectivity index (χ0n) is 16.8. The van der Waals surface area contributed by atoms with Gasteiger partial charge in [-0.15, -0.1) is 11.3 Å². The average Bonchev–Trinajstić information content (AvgIpc) is 3.13. The molecule has 6 nitrogen and oxygen atoms in total. The number of aryl methyl sites for hydroxylation is 1. The minimum atomic E-state index is -0.0548. The van der Waals surface area contributed by atoms with Crippen LogP contribution in [0.15, 0.2) is 59.4 Å². The molecule has 1 aliphatic heterocycles. The Bertz CT molecular complexity index is 1260. The number of hydrazine groups is 1. The Kier molecular flexibility index (Phi) is 4.86. The van der Waals surface area contributed by atoms with Crippen molar-refractivity contribution < 1.29 is 4.90 Å². The summed E-state index contributed by atoms with van der Waals surface area (Å²) in [6.07, 6.45) is 0.887. The molecule has 0 saturated heterocycles. The first-order valence-electron chi connectivity index (χ1n) is 10.1. The van der Waals surface area contributed by atoms with Crippen molar-refractivity contribution in [3.63, 3.8) is 0 Å². The first kappa shape index (κ1) is 19.0. The maximum absolute atomic E-state index is 13.5. The number of nitrogens with one attached hydrogen (secondary N) is 2. The summed E-state index contributed by atoms with van der Waals surface area (Å²) in [5, 5.41) is 0.744. The molecule has 0 radical (unpaired) electrons. The number of aromatic nitrogens is 2. The van der Waals surface area contributed by atoms with Crippen LogP contribution in [-0.4, -0.2) is 16.1 Å². The molecule has 0 amide bonds. The SMILES string of the molecule is Cc1ccc(-n2c(NN)nc3sc4c(c3c2=O)CC[NH+](Cc2ccccc2)C4)cc1. The van der Waals surface area contributed by atoms with E-state index in [9.17, 15) is 4.79 Å². The molecule has 1 unspecified atom stereocenters. The van der Waals surface area contributed by atoms with Crippen LogP contribution >= 0.6 is 11.3 Å². The molecule has 0 aliphatic carbocycles. The maximum Gasteiger partial charge on any atom is 0.268 e. The summed E-state index contributed by atoms with van der Waals surface area (Å²) in [7, 11) is 0. The molecule has 0 fully saturated rings. The predicted molar refractivity (Wildman–Crippen MR) is 121 cm³/mol. The van der Waals surface area contributed by atoms with Gasteiger partial charge >= 0.3 is 0 Å². The topological polar surface area (TPSA) is 77.4 Å². The summed E-state index contributed by atoms with van der Waals surface area (Å²) in [4.78, 5) is 21.8. The van der Waals surface area contributed by atoms with Gasteiger partial charge in [-0.2, -0.15) is 0 Å². The fourth-order valence-corrected chi connectivity index (χ4v) is 5.52. The van der Waals surface area contributed by atoms with Gasteiger partial charge in [-0.3, -0.25) is 10.2 Å². The van der Waals surface area contributed by atoms with Gasteiger partial charge in [0.25, 0.3) is 5.56 Å². The van der Waals surface area contributed by atoms with Crippen molar-refractivity contribution in [2.75, 3.05) is 12.0 Å². The number of fused-ring (bicyclic) bond motifs is 3. The minimum Gasteiger partial charge on any atom is -0.326 e. The summed E-state index contributed by atoms with van der Waals surface area (Å²) >= 11 is 1.62. The largest absolute Gasteiger partial charge is 0.326 e. The first-order valence-corrected chi connectivity index (χ1v) is 10.9. The van der Waals surface area contributed by atoms with Crippen molar-refractivity contribution in [2.24, 2.45) is 5.84 Å². The second kappa shape index (κ2) is 7.68. The molecule has 4 N–H and O–H groups in total. The highest BCUT2D eigenvalue weighted by Gasteiger charge is 2.27. The Hall–Kier alpha value is -3.00. The van der Waals surface area contributed by atoms with E-state index in [1.165, 1.54) is 15.3 Å². The zero-order chi connectivity index (χ0) is 20.7. The van der Waals surface area contributed by atoms with Gasteiger partial charge in [0, 0.05) is 12.0 Å². The minimum absolute atomic E-state index is 0.0548. The average molecular weight is 419 g/mol. The molecule has 152 valence electrons. The normalized spacial score (nSPS) is 15.9. The van der Waals surface area contributed by atoms with Crippen molar-refractivity contribution >= 4 is 27.5 Å². The van der Waals surface area contributed by atoms with Crippen molar-refractivity contribution in [3.05, 3.63) is 86.5 Å². The Morgan fingerprint density at radius 3 is 2.67 bits per heavy atom. The molecular formula is C23H24N5OS+. The van der Waals surface area contributed by atoms with Crippen LogP contribution in [0.1, 0.15) is 21.6 Å². The summed E-state index contributed by atoms with van der Waals surface area (Å²) in [6.45, 7) is 4.94. The number of rotatable bonds is 4. The number of thiophene rings is 1. The number of nitrogens with zero attached hydrogens (tertiary/aromatic N) is 2. The van der Waals surface area contributed by atoms with Crippen molar-refractivity contribution in [1.29, 1.82) is 0 Å². The van der Waals surface area contributed by atoms with E-state index in [0.29, 0.717) is 5.95 Å². The maximum atomic E-state index is 13.5. The molecule has 2 aromatic heterocycles. The second-order valence-corrected chi connectivity index (χ2v) is 8.91. The van der Waals surface area contributed by atoms with Crippen molar-refractivity contribution in [3.8, 4) is 5.69 Å². The van der Waals surface area contributed by atoms with Crippen LogP contribution in [0.4, 0.5) is 5.95 Å². The molecule has 1 aliphatic rings. The van der Waals surface area contributed by atoms with Gasteiger partial charge in [-0.25, -0.2) is 15.4 Å². The molecule has 5 rings (SSSR count). The molecule has 1 atom stereocenters. The van der Waals surface area contributed by atoms with Gasteiger partial charge in [0.2, 0.25) is 5.95 Å².